The Labute approximate surface area is 98.7 Å². The number of hydrazine groups is 1. The average Bonchev–Trinajstić information content (AvgIpc) is 2.28. The molecule has 1 aromatic rings. The predicted molar refractivity (Wildman–Crippen MR) is 64.9 cm³/mol. The van der Waals surface area contributed by atoms with Gasteiger partial charge in [-0.15, -0.1) is 0 Å². The molecule has 0 heterocycles. The molecule has 1 aromatic carbocycles. The summed E-state index contributed by atoms with van der Waals surface area (Å²) in [4.78, 5) is 4.12. The predicted octanol–water partition coefficient (Wildman–Crippen LogP) is 2.12. The SMILES string of the molecule is CCCN=C(NN)Nc1cc(F)ccc1Cl. The fourth-order valence-corrected chi connectivity index (χ4v) is 1.23. The maximum Gasteiger partial charge on any atom is 0.210 e. The van der Waals surface area contributed by atoms with Crippen LogP contribution < -0.4 is 16.6 Å². The highest BCUT2D eigenvalue weighted by Gasteiger charge is 2.04. The lowest BCUT2D eigenvalue weighted by Crippen LogP contribution is -2.36. The molecule has 16 heavy (non-hydrogen) atoms. The van der Waals surface area contributed by atoms with Crippen molar-refractivity contribution in [2.45, 2.75) is 13.3 Å². The quantitative estimate of drug-likeness (QED) is 0.330. The molecule has 0 amide bonds. The Morgan fingerprint density at radius 2 is 2.31 bits per heavy atom. The summed E-state index contributed by atoms with van der Waals surface area (Å²) in [6, 6.07) is 4.03. The molecule has 4 N–H and O–H groups in total. The lowest BCUT2D eigenvalue weighted by molar-refractivity contribution is 0.628. The normalized spacial score (nSPS) is 11.4. The van der Waals surface area contributed by atoms with Crippen molar-refractivity contribution in [1.29, 1.82) is 0 Å². The first-order chi connectivity index (χ1) is 7.67. The molecule has 0 saturated carbocycles. The van der Waals surface area contributed by atoms with Gasteiger partial charge in [-0.25, -0.2) is 10.2 Å². The Balaban J connectivity index is 2.81. The summed E-state index contributed by atoms with van der Waals surface area (Å²) in [5, 5.41) is 3.22. The number of rotatable bonds is 3. The number of benzene rings is 1. The number of nitrogens with one attached hydrogen (secondary N) is 2. The van der Waals surface area contributed by atoms with E-state index in [1.54, 1.807) is 0 Å². The van der Waals surface area contributed by atoms with Gasteiger partial charge in [-0.3, -0.25) is 10.4 Å². The molecule has 6 heteroatoms. The van der Waals surface area contributed by atoms with Crippen molar-refractivity contribution in [3.05, 3.63) is 29.0 Å². The monoisotopic (exact) mass is 244 g/mol. The van der Waals surface area contributed by atoms with E-state index in [-0.39, 0.29) is 5.82 Å². The number of aliphatic imine (C=N–C) groups is 1. The summed E-state index contributed by atoms with van der Waals surface area (Å²) in [6.45, 7) is 2.62. The van der Waals surface area contributed by atoms with Gasteiger partial charge >= 0.3 is 0 Å². The molecule has 0 aliphatic carbocycles. The van der Waals surface area contributed by atoms with Crippen molar-refractivity contribution in [3.8, 4) is 0 Å². The van der Waals surface area contributed by atoms with Crippen LogP contribution in [-0.4, -0.2) is 12.5 Å². The third-order valence-electron chi connectivity index (χ3n) is 1.81. The molecule has 0 saturated heterocycles. The van der Waals surface area contributed by atoms with Gasteiger partial charge in [-0.05, 0) is 24.6 Å². The number of nitrogens with two attached hydrogens (primary N) is 1. The molecule has 0 bridgehead atoms. The number of hydrogen-bond acceptors (Lipinski definition) is 2. The minimum Gasteiger partial charge on any atom is -0.324 e. The minimum absolute atomic E-state index is 0.356. The van der Waals surface area contributed by atoms with Crippen molar-refractivity contribution < 1.29 is 4.39 Å². The van der Waals surface area contributed by atoms with Gasteiger partial charge in [0.15, 0.2) is 0 Å². The fraction of sp³-hybridized carbons (Fsp3) is 0.300. The summed E-state index contributed by atoms with van der Waals surface area (Å²) in [6.07, 6.45) is 0.893. The van der Waals surface area contributed by atoms with Crippen LogP contribution in [0.5, 0.6) is 0 Å². The molecule has 0 unspecified atom stereocenters. The molecule has 0 aliphatic rings. The van der Waals surface area contributed by atoms with Gasteiger partial charge in [0, 0.05) is 6.54 Å². The first-order valence-electron chi connectivity index (χ1n) is 4.90. The Morgan fingerprint density at radius 3 is 2.94 bits per heavy atom. The molecule has 0 atom stereocenters. The molecule has 0 radical (unpaired) electrons. The summed E-state index contributed by atoms with van der Waals surface area (Å²) in [7, 11) is 0. The summed E-state index contributed by atoms with van der Waals surface area (Å²) in [5.74, 6) is 5.25. The largest absolute Gasteiger partial charge is 0.324 e. The molecular weight excluding hydrogens is 231 g/mol. The van der Waals surface area contributed by atoms with Crippen molar-refractivity contribution in [2.24, 2.45) is 10.8 Å². The lowest BCUT2D eigenvalue weighted by atomic mass is 10.3. The molecule has 0 aromatic heterocycles. The highest BCUT2D eigenvalue weighted by atomic mass is 35.5. The second-order valence-electron chi connectivity index (χ2n) is 3.12. The second kappa shape index (κ2) is 6.30. The van der Waals surface area contributed by atoms with Gasteiger partial charge in [-0.1, -0.05) is 18.5 Å². The number of guanidine groups is 1. The van der Waals surface area contributed by atoms with Crippen molar-refractivity contribution >= 4 is 23.2 Å². The Bertz CT molecular complexity index is 381. The maximum atomic E-state index is 13.0. The maximum absolute atomic E-state index is 13.0. The van der Waals surface area contributed by atoms with Crippen LogP contribution in [0.1, 0.15) is 13.3 Å². The highest BCUT2D eigenvalue weighted by Crippen LogP contribution is 2.22. The van der Waals surface area contributed by atoms with Crippen molar-refractivity contribution in [1.82, 2.24) is 5.43 Å². The molecule has 1 rings (SSSR count). The van der Waals surface area contributed by atoms with Crippen LogP contribution >= 0.6 is 11.6 Å². The fourth-order valence-electron chi connectivity index (χ4n) is 1.07. The van der Waals surface area contributed by atoms with E-state index >= 15 is 0 Å². The van der Waals surface area contributed by atoms with E-state index in [2.05, 4.69) is 15.7 Å². The zero-order valence-corrected chi connectivity index (χ0v) is 9.68. The Hall–Kier alpha value is -1.33. The van der Waals surface area contributed by atoms with Gasteiger partial charge in [0.25, 0.3) is 0 Å². The van der Waals surface area contributed by atoms with E-state index in [0.29, 0.717) is 23.2 Å². The summed E-state index contributed by atoms with van der Waals surface area (Å²) in [5.41, 5.74) is 2.82. The second-order valence-corrected chi connectivity index (χ2v) is 3.53. The van der Waals surface area contributed by atoms with E-state index in [4.69, 9.17) is 17.4 Å². The average molecular weight is 245 g/mol. The lowest BCUT2D eigenvalue weighted by Gasteiger charge is -2.10. The number of hydrogen-bond donors (Lipinski definition) is 3. The molecule has 0 spiro atoms. The van der Waals surface area contributed by atoms with E-state index in [0.717, 1.165) is 6.42 Å². The molecule has 4 nitrogen and oxygen atoms in total. The Kier molecular flexibility index (Phi) is 5.01. The first kappa shape index (κ1) is 12.7. The van der Waals surface area contributed by atoms with Crippen LogP contribution in [0.4, 0.5) is 10.1 Å². The van der Waals surface area contributed by atoms with Gasteiger partial charge in [0.2, 0.25) is 5.96 Å². The van der Waals surface area contributed by atoms with Crippen LogP contribution in [0, 0.1) is 5.82 Å². The molecule has 0 fully saturated rings. The van der Waals surface area contributed by atoms with Gasteiger partial charge in [0.05, 0.1) is 10.7 Å². The topological polar surface area (TPSA) is 62.4 Å². The molecule has 0 aliphatic heterocycles. The van der Waals surface area contributed by atoms with Gasteiger partial charge < -0.3 is 5.32 Å². The van der Waals surface area contributed by atoms with E-state index < -0.39 is 0 Å². The van der Waals surface area contributed by atoms with Crippen molar-refractivity contribution in [3.63, 3.8) is 0 Å². The van der Waals surface area contributed by atoms with Crippen LogP contribution in [0.25, 0.3) is 0 Å². The van der Waals surface area contributed by atoms with Gasteiger partial charge in [0.1, 0.15) is 5.82 Å². The van der Waals surface area contributed by atoms with Gasteiger partial charge in [-0.2, -0.15) is 0 Å². The van der Waals surface area contributed by atoms with E-state index in [1.165, 1.54) is 18.2 Å². The highest BCUT2D eigenvalue weighted by molar-refractivity contribution is 6.33. The zero-order chi connectivity index (χ0) is 12.0. The minimum atomic E-state index is -0.376. The third-order valence-corrected chi connectivity index (χ3v) is 2.14. The van der Waals surface area contributed by atoms with Crippen LogP contribution in [0.15, 0.2) is 23.2 Å². The molecule has 88 valence electrons. The standard InChI is InChI=1S/C10H14ClFN4/c1-2-5-14-10(16-13)15-9-6-7(12)3-4-8(9)11/h3-4,6H,2,5,13H2,1H3,(H2,14,15,16). The zero-order valence-electron chi connectivity index (χ0n) is 8.93. The van der Waals surface area contributed by atoms with E-state index in [1.807, 2.05) is 6.92 Å². The van der Waals surface area contributed by atoms with E-state index in [9.17, 15) is 4.39 Å². The smallest absolute Gasteiger partial charge is 0.210 e. The third kappa shape index (κ3) is 3.67. The Morgan fingerprint density at radius 1 is 1.56 bits per heavy atom. The summed E-state index contributed by atoms with van der Waals surface area (Å²) >= 11 is 5.88. The van der Waals surface area contributed by atoms with Crippen LogP contribution in [0.2, 0.25) is 5.02 Å². The van der Waals surface area contributed by atoms with Crippen LogP contribution in [-0.2, 0) is 0 Å². The summed E-state index contributed by atoms with van der Waals surface area (Å²) < 4.78 is 13.0. The first-order valence-corrected chi connectivity index (χ1v) is 5.28. The number of anilines is 1. The van der Waals surface area contributed by atoms with Crippen molar-refractivity contribution in [2.75, 3.05) is 11.9 Å². The molecular formula is C10H14ClFN4. The number of nitrogens with zero attached hydrogens (tertiary/aromatic N) is 1. The number of halogens is 2. The van der Waals surface area contributed by atoms with Crippen LogP contribution in [0.3, 0.4) is 0 Å².